The molecule has 0 fully saturated rings. The molecule has 24 valence electrons. The molecule has 0 saturated heterocycles. The summed E-state index contributed by atoms with van der Waals surface area (Å²) in [6.45, 7) is 0. The molecule has 0 aromatic rings. The molecule has 0 radical (unpaired) electrons. The first kappa shape index (κ1) is 83.3. The van der Waals surface area contributed by atoms with Crippen molar-refractivity contribution in [2.75, 3.05) is 0 Å². The Balaban J connectivity index is 0. The summed E-state index contributed by atoms with van der Waals surface area (Å²) in [5.41, 5.74) is 0. The van der Waals surface area contributed by atoms with Gasteiger partial charge in [0.2, 0.25) is 0 Å². The Morgan fingerprint density at radius 2 is 0.500 bits per heavy atom. The number of rotatable bonds is 0. The van der Waals surface area contributed by atoms with E-state index in [0.717, 1.165) is 0 Å². The first-order valence-electron chi connectivity index (χ1n) is 0. The van der Waals surface area contributed by atoms with Crippen molar-refractivity contribution in [2.24, 2.45) is 0 Å². The molecule has 0 rings (SSSR count). The molecule has 0 atom stereocenters. The minimum absolute atomic E-state index is 0. The van der Waals surface area contributed by atoms with Crippen LogP contribution in [0.15, 0.2) is 0 Å². The third-order valence-electron chi connectivity index (χ3n) is 0. The molecule has 0 heterocycles. The van der Waals surface area contributed by atoms with E-state index in [1.807, 2.05) is 0 Å². The molecule has 0 aliphatic heterocycles. The molecule has 0 aromatic carbocycles. The maximum absolute atomic E-state index is 0. The van der Waals surface area contributed by atoms with E-state index < -0.39 is 0 Å². The van der Waals surface area contributed by atoms with Crippen LogP contribution in [0.2, 0.25) is 0 Å². The Bertz CT molecular complexity index is 8.75. The van der Waals surface area contributed by atoms with E-state index in [1.165, 1.54) is 0 Å². The van der Waals surface area contributed by atoms with Crippen LogP contribution in [0.4, 0.5) is 0 Å². The van der Waals surface area contributed by atoms with Crippen molar-refractivity contribution in [3.63, 3.8) is 0 Å². The summed E-state index contributed by atoms with van der Waals surface area (Å²) in [5.74, 6) is 0. The molecule has 6 heteroatoms. The average molecular weight is 167 g/mol. The summed E-state index contributed by atoms with van der Waals surface area (Å²) < 4.78 is 0. The van der Waals surface area contributed by atoms with Crippen molar-refractivity contribution in [2.45, 2.75) is 0 Å². The molecule has 3 nitrogen and oxygen atoms in total. The van der Waals surface area contributed by atoms with Gasteiger partial charge in [-0.05, 0) is 0 Å². The third-order valence-corrected chi connectivity index (χ3v) is 0. The van der Waals surface area contributed by atoms with E-state index in [1.54, 1.807) is 0 Å². The molecule has 0 spiro atoms. The van der Waals surface area contributed by atoms with E-state index in [9.17, 15) is 0 Å². The van der Waals surface area contributed by atoms with Crippen LogP contribution in [-0.2, 0) is 59.9 Å². The van der Waals surface area contributed by atoms with Crippen LogP contribution in [-0.4, -0.2) is 0 Å². The molecule has 0 saturated carbocycles. The fourth-order valence-corrected chi connectivity index (χ4v) is 0. The topological polar surface area (TPSA) is 85.5 Å². The Hall–Kier alpha value is 2.31. The standard InChI is InChI=1S/Na.3O.2Ti/q+1;3*-2;2*+4. The quantitative estimate of drug-likeness (QED) is 0.337. The average Bonchev–Trinajstić information content (AvgIpc) is 0. The number of hydrogen-bond acceptors (Lipinski definition) is 0. The van der Waals surface area contributed by atoms with Crippen LogP contribution in [0.3, 0.4) is 0 Å². The van der Waals surface area contributed by atoms with Crippen LogP contribution >= 0.6 is 0 Å². The van der Waals surface area contributed by atoms with Crippen LogP contribution in [0.1, 0.15) is 0 Å². The van der Waals surface area contributed by atoms with Crippen LogP contribution in [0.25, 0.3) is 0 Å². The molecule has 0 N–H and O–H groups in total. The van der Waals surface area contributed by atoms with E-state index in [4.69, 9.17) is 0 Å². The summed E-state index contributed by atoms with van der Waals surface area (Å²) in [4.78, 5) is 0. The van der Waals surface area contributed by atoms with Crippen molar-refractivity contribution >= 4 is 0 Å². The zero-order valence-electron chi connectivity index (χ0n) is 3.22. The molecule has 0 unspecified atom stereocenters. The summed E-state index contributed by atoms with van der Waals surface area (Å²) in [6.07, 6.45) is 0. The first-order valence-corrected chi connectivity index (χ1v) is 0. The van der Waals surface area contributed by atoms with Crippen LogP contribution in [0, 0.1) is 0 Å². The Labute approximate surface area is 88.2 Å². The van der Waals surface area contributed by atoms with Crippen molar-refractivity contribution in [1.29, 1.82) is 0 Å². The second-order valence-electron chi connectivity index (χ2n) is 0. The predicted octanol–water partition coefficient (Wildman–Crippen LogP) is -3.36. The van der Waals surface area contributed by atoms with Gasteiger partial charge < -0.3 is 16.4 Å². The molecule has 0 bridgehead atoms. The van der Waals surface area contributed by atoms with Gasteiger partial charge >= 0.3 is 73.0 Å². The second-order valence-corrected chi connectivity index (χ2v) is 0. The zero-order valence-corrected chi connectivity index (χ0v) is 8.35. The Morgan fingerprint density at radius 3 is 0.500 bits per heavy atom. The number of hydrogen-bond donors (Lipinski definition) is 0. The van der Waals surface area contributed by atoms with Gasteiger partial charge in [-0.2, -0.15) is 0 Å². The normalized spacial score (nSPS) is 0. The van der Waals surface area contributed by atoms with Gasteiger partial charge in [-0.1, -0.05) is 0 Å². The smallest absolute Gasteiger partial charge is 2.00 e. The fourth-order valence-electron chi connectivity index (χ4n) is 0. The molecular weight excluding hydrogens is 167 g/mol. The minimum atomic E-state index is 0. The minimum Gasteiger partial charge on any atom is -2.00 e. The van der Waals surface area contributed by atoms with E-state index in [2.05, 4.69) is 0 Å². The fraction of sp³-hybridized carbons (Fsp3) is 0. The van der Waals surface area contributed by atoms with Crippen LogP contribution < -0.4 is 29.6 Å². The monoisotopic (exact) mass is 167 g/mol. The summed E-state index contributed by atoms with van der Waals surface area (Å²) in [7, 11) is 0. The van der Waals surface area contributed by atoms with Gasteiger partial charge in [0, 0.05) is 0 Å². The Morgan fingerprint density at radius 1 is 0.500 bits per heavy atom. The van der Waals surface area contributed by atoms with E-state index >= 15 is 0 Å². The summed E-state index contributed by atoms with van der Waals surface area (Å²) in [5, 5.41) is 0. The Kier molecular flexibility index (Phi) is 757. The second kappa shape index (κ2) is 54.6. The molecular formula is NaO3Ti2+3. The molecule has 0 aromatic heterocycles. The van der Waals surface area contributed by atoms with Crippen molar-refractivity contribution in [1.82, 2.24) is 0 Å². The first-order chi connectivity index (χ1) is 0. The van der Waals surface area contributed by atoms with E-state index in [-0.39, 0.29) is 89.4 Å². The molecule has 6 heavy (non-hydrogen) atoms. The molecule has 0 amide bonds. The van der Waals surface area contributed by atoms with E-state index in [0.29, 0.717) is 0 Å². The van der Waals surface area contributed by atoms with Gasteiger partial charge in [-0.15, -0.1) is 0 Å². The van der Waals surface area contributed by atoms with Gasteiger partial charge in [0.15, 0.2) is 0 Å². The van der Waals surface area contributed by atoms with Crippen molar-refractivity contribution in [3.05, 3.63) is 0 Å². The van der Waals surface area contributed by atoms with Gasteiger partial charge in [0.05, 0.1) is 0 Å². The maximum atomic E-state index is 0. The predicted molar refractivity (Wildman–Crippen MR) is 2.06 cm³/mol. The molecule has 0 aliphatic rings. The van der Waals surface area contributed by atoms with Gasteiger partial charge in [-0.3, -0.25) is 0 Å². The third kappa shape index (κ3) is 33.4. The van der Waals surface area contributed by atoms with Crippen molar-refractivity contribution < 1.29 is 89.4 Å². The summed E-state index contributed by atoms with van der Waals surface area (Å²) >= 11 is 0. The van der Waals surface area contributed by atoms with Crippen molar-refractivity contribution in [3.8, 4) is 0 Å². The summed E-state index contributed by atoms with van der Waals surface area (Å²) in [6, 6.07) is 0. The van der Waals surface area contributed by atoms with Crippen LogP contribution in [0.5, 0.6) is 0 Å². The van der Waals surface area contributed by atoms with Gasteiger partial charge in [0.25, 0.3) is 0 Å². The van der Waals surface area contributed by atoms with Gasteiger partial charge in [-0.25, -0.2) is 0 Å². The maximum Gasteiger partial charge on any atom is 4.00 e. The molecule has 0 aliphatic carbocycles. The largest absolute Gasteiger partial charge is 4.00 e. The van der Waals surface area contributed by atoms with Gasteiger partial charge in [0.1, 0.15) is 0 Å². The zero-order chi connectivity index (χ0) is 0. The SMILES string of the molecule is [Na+].[O-2].[O-2].[O-2].[Ti+4].[Ti+4].